The summed E-state index contributed by atoms with van der Waals surface area (Å²) in [5.41, 5.74) is 3.43. The number of pyridine rings is 1. The minimum absolute atomic E-state index is 0.0766. The number of hydrogen-bond acceptors (Lipinski definition) is 21. The Morgan fingerprint density at radius 1 is 0.810 bits per heavy atom. The molecule has 2 aliphatic rings. The summed E-state index contributed by atoms with van der Waals surface area (Å²) in [6.45, 7) is 9.72. The van der Waals surface area contributed by atoms with Crippen LogP contribution >= 0.6 is 0 Å². The lowest BCUT2D eigenvalue weighted by molar-refractivity contribution is -0.143. The monoisotopic (exact) mass is 1170 g/mol. The van der Waals surface area contributed by atoms with Crippen LogP contribution in [0.3, 0.4) is 0 Å². The van der Waals surface area contributed by atoms with Gasteiger partial charge in [0, 0.05) is 51.3 Å². The molecule has 0 atom stereocenters. The number of ketones is 2. The molecule has 3 amide bonds. The zero-order valence-electron chi connectivity index (χ0n) is 47.8. The number of benzene rings is 1. The fraction of sp³-hybridized carbons (Fsp3) is 0.561. The summed E-state index contributed by atoms with van der Waals surface area (Å²) >= 11 is 0. The Balaban J connectivity index is 0.736. The number of aliphatic hydroxyl groups is 1. The van der Waals surface area contributed by atoms with Crippen molar-refractivity contribution in [3.05, 3.63) is 83.5 Å². The summed E-state index contributed by atoms with van der Waals surface area (Å²) in [4.78, 5) is 79.8. The number of aromatic nitrogens is 8. The highest BCUT2D eigenvalue weighted by atomic mass is 16.6. The number of H-pyrrole nitrogens is 1. The van der Waals surface area contributed by atoms with Gasteiger partial charge in [0.15, 0.2) is 5.82 Å². The van der Waals surface area contributed by atoms with Gasteiger partial charge in [0.25, 0.3) is 17.6 Å². The lowest BCUT2D eigenvalue weighted by Crippen LogP contribution is -2.45. The highest BCUT2D eigenvalue weighted by molar-refractivity contribution is 6.45. The summed E-state index contributed by atoms with van der Waals surface area (Å²) in [7, 11) is 1.42. The third-order valence-corrected chi connectivity index (χ3v) is 13.7. The van der Waals surface area contributed by atoms with Crippen molar-refractivity contribution >= 4 is 45.8 Å². The SMILES string of the molecule is COc1cnc(-n2cnc(C(=O)NCCCN(CCOCCOCCOCCOCc3cn(CCOCCOCCOCCOCCC(C)=O)nn3)C(=O)C3CC(O)C3)n2)c2[nH]cc(C(=O)C(=O)N3CCC(=C(C#N)c4ccccc4)CC3)c12. The number of methoxy groups -OCH3 is 1. The first-order chi connectivity index (χ1) is 41.0. The zero-order chi connectivity index (χ0) is 59.3. The first-order valence-corrected chi connectivity index (χ1v) is 28.3. The molecule has 4 aromatic heterocycles. The molecule has 7 rings (SSSR count). The molecule has 27 heteroatoms. The zero-order valence-corrected chi connectivity index (χ0v) is 47.8. The fourth-order valence-electron chi connectivity index (χ4n) is 9.11. The number of amides is 3. The van der Waals surface area contributed by atoms with Gasteiger partial charge in [-0.2, -0.15) is 9.94 Å². The van der Waals surface area contributed by atoms with Crippen LogP contribution in [0.15, 0.2) is 60.8 Å². The van der Waals surface area contributed by atoms with Crippen molar-refractivity contribution in [2.45, 2.75) is 64.7 Å². The molecule has 0 unspecified atom stereocenters. The molecule has 0 spiro atoms. The number of carbonyl (C=O) groups excluding carboxylic acids is 5. The molecule has 1 aromatic carbocycles. The Morgan fingerprint density at radius 2 is 1.44 bits per heavy atom. The third kappa shape index (κ3) is 19.9. The van der Waals surface area contributed by atoms with E-state index in [2.05, 4.69) is 41.7 Å². The summed E-state index contributed by atoms with van der Waals surface area (Å²) < 4.78 is 53.0. The van der Waals surface area contributed by atoms with Crippen LogP contribution in [0.4, 0.5) is 0 Å². The molecule has 0 bridgehead atoms. The van der Waals surface area contributed by atoms with Gasteiger partial charge in [0.1, 0.15) is 23.6 Å². The Hall–Kier alpha value is -7.39. The van der Waals surface area contributed by atoms with E-state index in [1.807, 2.05) is 30.3 Å². The quantitative estimate of drug-likeness (QED) is 0.0220. The predicted octanol–water partition coefficient (Wildman–Crippen LogP) is 2.56. The van der Waals surface area contributed by atoms with Crippen LogP contribution in [0.2, 0.25) is 0 Å². The Morgan fingerprint density at radius 3 is 2.07 bits per heavy atom. The van der Waals surface area contributed by atoms with Gasteiger partial charge in [-0.1, -0.05) is 35.5 Å². The predicted molar refractivity (Wildman–Crippen MR) is 300 cm³/mol. The maximum absolute atomic E-state index is 13.8. The molecule has 0 radical (unpaired) electrons. The van der Waals surface area contributed by atoms with Crippen LogP contribution in [0.25, 0.3) is 22.3 Å². The maximum atomic E-state index is 13.8. The number of nitrogens with one attached hydrogen (secondary N) is 2. The van der Waals surface area contributed by atoms with Gasteiger partial charge in [-0.3, -0.25) is 24.0 Å². The van der Waals surface area contributed by atoms with E-state index in [1.165, 1.54) is 42.3 Å². The van der Waals surface area contributed by atoms with Gasteiger partial charge < -0.3 is 67.8 Å². The number of fused-ring (bicyclic) bond motifs is 1. The lowest BCUT2D eigenvalue weighted by Gasteiger charge is -2.35. The van der Waals surface area contributed by atoms with Gasteiger partial charge in [-0.25, -0.2) is 14.6 Å². The van der Waals surface area contributed by atoms with Gasteiger partial charge in [0.2, 0.25) is 11.7 Å². The number of aromatic amines is 1. The van der Waals surface area contributed by atoms with Crippen molar-refractivity contribution in [1.82, 2.24) is 54.8 Å². The molecule has 5 aromatic rings. The second-order valence-electron chi connectivity index (χ2n) is 19.7. The number of ether oxygens (including phenoxy) is 9. The second-order valence-corrected chi connectivity index (χ2v) is 19.7. The molecule has 27 nitrogen and oxygen atoms in total. The van der Waals surface area contributed by atoms with Crippen molar-refractivity contribution in [3.63, 3.8) is 0 Å². The molecular weight excluding hydrogens is 1090 g/mol. The first-order valence-electron chi connectivity index (χ1n) is 28.3. The Kier molecular flexibility index (Phi) is 26.8. The van der Waals surface area contributed by atoms with E-state index in [4.69, 9.17) is 42.6 Å². The Bertz CT molecular complexity index is 2940. The second kappa shape index (κ2) is 35.0. The number of hydrogen-bond donors (Lipinski definition) is 3. The van der Waals surface area contributed by atoms with Crippen molar-refractivity contribution in [3.8, 4) is 17.6 Å². The van der Waals surface area contributed by atoms with Crippen LogP contribution in [0.1, 0.15) is 77.7 Å². The highest BCUT2D eigenvalue weighted by Crippen LogP contribution is 2.33. The molecule has 1 saturated carbocycles. The molecule has 1 aliphatic carbocycles. The van der Waals surface area contributed by atoms with Gasteiger partial charge in [-0.05, 0) is 50.2 Å². The van der Waals surface area contributed by atoms with Crippen molar-refractivity contribution in [2.75, 3.05) is 139 Å². The summed E-state index contributed by atoms with van der Waals surface area (Å²) in [6, 6.07) is 11.7. The lowest BCUT2D eigenvalue weighted by atomic mass is 9.81. The highest BCUT2D eigenvalue weighted by Gasteiger charge is 2.36. The topological polar surface area (TPSA) is 321 Å². The Labute approximate surface area is 486 Å². The van der Waals surface area contributed by atoms with Crippen LogP contribution < -0.4 is 10.1 Å². The van der Waals surface area contributed by atoms with Crippen LogP contribution in [-0.2, 0) is 65.4 Å². The van der Waals surface area contributed by atoms with Crippen molar-refractivity contribution in [2.24, 2.45) is 5.92 Å². The van der Waals surface area contributed by atoms with E-state index in [0.717, 1.165) is 11.1 Å². The first kappa shape index (κ1) is 64.2. The average Bonchev–Trinajstić information content (AvgIpc) is 3.42. The standard InChI is InChI=1S/C57H76N12O15/c1-41(70)11-18-77-21-24-80-27-28-82-26-23-79-20-17-68-38-45(63-65-68)39-84-32-31-83-30-29-81-25-22-78-19-16-66(56(74)44-33-46(71)34-44)13-6-12-59-55(73)53-62-40-69(64-53)54-51-50(49(76-2)37-61-54)48(36-60-51)52(72)57(75)67-14-9-43(10-15-67)47(35-58)42-7-4-3-5-8-42/h3-5,7-8,36-38,40,44,46,60,71H,6,9-34,39H2,1-2H3,(H,59,73). The van der Waals surface area contributed by atoms with E-state index < -0.39 is 23.7 Å². The molecule has 1 aliphatic heterocycles. The minimum Gasteiger partial charge on any atom is -0.494 e. The number of nitrogens with zero attached hydrogens (tertiary/aromatic N) is 10. The number of allylic oxidation sites excluding steroid dienone is 1. The van der Waals surface area contributed by atoms with Crippen LogP contribution in [0.5, 0.6) is 5.75 Å². The van der Waals surface area contributed by atoms with Gasteiger partial charge >= 0.3 is 0 Å². The van der Waals surface area contributed by atoms with E-state index in [1.54, 1.807) is 15.8 Å². The number of piperidine rings is 1. The van der Waals surface area contributed by atoms with E-state index in [-0.39, 0.29) is 66.8 Å². The average molecular weight is 1170 g/mol. The van der Waals surface area contributed by atoms with E-state index in [9.17, 15) is 34.3 Å². The largest absolute Gasteiger partial charge is 0.494 e. The number of rotatable bonds is 40. The maximum Gasteiger partial charge on any atom is 0.295 e. The number of likely N-dealkylation sites (tertiary alicyclic amines) is 1. The normalized spacial score (nSPS) is 15.0. The fourth-order valence-corrected chi connectivity index (χ4v) is 9.11. The van der Waals surface area contributed by atoms with Crippen molar-refractivity contribution < 1.29 is 71.7 Å². The smallest absolute Gasteiger partial charge is 0.295 e. The summed E-state index contributed by atoms with van der Waals surface area (Å²) in [5, 5.41) is 35.5. The van der Waals surface area contributed by atoms with Gasteiger partial charge in [-0.15, -0.1) is 10.2 Å². The van der Waals surface area contributed by atoms with E-state index >= 15 is 0 Å². The number of Topliss-reactive ketones (excluding diaryl/α,β-unsaturated/α-hetero) is 2. The number of nitriles is 1. The third-order valence-electron chi connectivity index (χ3n) is 13.7. The van der Waals surface area contributed by atoms with Crippen LogP contribution in [-0.4, -0.2) is 229 Å². The van der Waals surface area contributed by atoms with Crippen molar-refractivity contribution in [1.29, 1.82) is 5.26 Å². The molecule has 1 saturated heterocycles. The molecule has 84 heavy (non-hydrogen) atoms. The number of aliphatic hydroxyl groups excluding tert-OH is 1. The molecule has 2 fully saturated rings. The van der Waals surface area contributed by atoms with Gasteiger partial charge in [0.05, 0.1) is 166 Å². The minimum atomic E-state index is -0.746. The molecule has 3 N–H and O–H groups in total. The number of carbonyl (C=O) groups is 5. The van der Waals surface area contributed by atoms with E-state index in [0.29, 0.717) is 179 Å². The molecule has 454 valence electrons. The summed E-state index contributed by atoms with van der Waals surface area (Å²) in [5.74, 6) is -1.95. The summed E-state index contributed by atoms with van der Waals surface area (Å²) in [6.07, 6.45) is 7.98. The molecular formula is C57H76N12O15. The van der Waals surface area contributed by atoms with Crippen LogP contribution in [0, 0.1) is 17.2 Å². The molecule has 5 heterocycles.